The van der Waals surface area contributed by atoms with Crippen LogP contribution in [-0.4, -0.2) is 22.4 Å². The molecule has 0 unspecified atom stereocenters. The number of methoxy groups -OCH3 is 1. The van der Waals surface area contributed by atoms with Crippen LogP contribution in [-0.2, 0) is 6.61 Å². The molecule has 0 bridgehead atoms. The van der Waals surface area contributed by atoms with Gasteiger partial charge in [0.25, 0.3) is 11.5 Å². The first kappa shape index (κ1) is 19.7. The van der Waals surface area contributed by atoms with Gasteiger partial charge in [-0.2, -0.15) is 0 Å². The molecule has 30 heavy (non-hydrogen) atoms. The molecule has 0 fully saturated rings. The van der Waals surface area contributed by atoms with Crippen LogP contribution in [0.3, 0.4) is 0 Å². The number of aryl methyl sites for hydroxylation is 1. The van der Waals surface area contributed by atoms with E-state index in [1.54, 1.807) is 47.9 Å². The van der Waals surface area contributed by atoms with Crippen molar-refractivity contribution in [1.82, 2.24) is 9.38 Å². The van der Waals surface area contributed by atoms with Gasteiger partial charge in [-0.15, -0.1) is 11.3 Å². The molecule has 152 valence electrons. The smallest absolute Gasteiger partial charge is 0.259 e. The number of aromatic nitrogens is 2. The van der Waals surface area contributed by atoms with Crippen LogP contribution in [0.1, 0.15) is 21.7 Å². The summed E-state index contributed by atoms with van der Waals surface area (Å²) >= 11 is 1.41. The summed E-state index contributed by atoms with van der Waals surface area (Å²) in [6, 6.07) is 15.4. The lowest BCUT2D eigenvalue weighted by atomic mass is 10.2. The van der Waals surface area contributed by atoms with E-state index in [1.165, 1.54) is 17.4 Å². The predicted molar refractivity (Wildman–Crippen MR) is 116 cm³/mol. The van der Waals surface area contributed by atoms with Crippen molar-refractivity contribution in [1.29, 1.82) is 0 Å². The highest BCUT2D eigenvalue weighted by molar-refractivity contribution is 7.15. The molecule has 2 aromatic heterocycles. The lowest BCUT2D eigenvalue weighted by Crippen LogP contribution is -2.16. The number of hydrogen-bond donors (Lipinski definition) is 1. The third-order valence-electron chi connectivity index (χ3n) is 4.49. The van der Waals surface area contributed by atoms with Crippen molar-refractivity contribution in [3.05, 3.63) is 87.3 Å². The Morgan fingerprint density at radius 2 is 1.93 bits per heavy atom. The number of benzene rings is 2. The number of rotatable bonds is 6. The Hall–Kier alpha value is -3.65. The first-order valence-corrected chi connectivity index (χ1v) is 10.1. The number of nitrogens with one attached hydrogen (secondary N) is 1. The summed E-state index contributed by atoms with van der Waals surface area (Å²) in [6.45, 7) is 1.97. The first-order valence-electron chi connectivity index (χ1n) is 9.19. The molecular formula is C22H19N3O4S. The first-order chi connectivity index (χ1) is 14.5. The van der Waals surface area contributed by atoms with E-state index < -0.39 is 0 Å². The second-order valence-corrected chi connectivity index (χ2v) is 7.38. The topological polar surface area (TPSA) is 81.9 Å². The number of anilines is 1. The third-order valence-corrected chi connectivity index (χ3v) is 5.44. The number of nitrogens with zero attached hydrogens (tertiary/aromatic N) is 2. The molecule has 2 aromatic carbocycles. The van der Waals surface area contributed by atoms with Gasteiger partial charge in [0.05, 0.1) is 18.5 Å². The highest BCUT2D eigenvalue weighted by Crippen LogP contribution is 2.25. The number of para-hydroxylation sites is 2. The van der Waals surface area contributed by atoms with Crippen LogP contribution >= 0.6 is 11.3 Å². The molecule has 0 aliphatic rings. The van der Waals surface area contributed by atoms with Gasteiger partial charge in [0.1, 0.15) is 18.1 Å². The molecule has 1 N–H and O–H groups in total. The summed E-state index contributed by atoms with van der Waals surface area (Å²) in [5.74, 6) is 0.904. The zero-order valence-electron chi connectivity index (χ0n) is 16.4. The van der Waals surface area contributed by atoms with Crippen molar-refractivity contribution in [3.8, 4) is 11.5 Å². The minimum Gasteiger partial charge on any atom is -0.497 e. The normalized spacial score (nSPS) is 10.7. The maximum Gasteiger partial charge on any atom is 0.259 e. The van der Waals surface area contributed by atoms with E-state index in [4.69, 9.17) is 9.47 Å². The monoisotopic (exact) mass is 421 g/mol. The Bertz CT molecular complexity index is 1260. The van der Waals surface area contributed by atoms with Gasteiger partial charge in [-0.25, -0.2) is 4.98 Å². The maximum absolute atomic E-state index is 12.6. The summed E-state index contributed by atoms with van der Waals surface area (Å²) < 4.78 is 12.5. The second-order valence-electron chi connectivity index (χ2n) is 6.55. The summed E-state index contributed by atoms with van der Waals surface area (Å²) in [5, 5.41) is 4.74. The average Bonchev–Trinajstić information content (AvgIpc) is 3.14. The molecule has 0 saturated carbocycles. The van der Waals surface area contributed by atoms with E-state index in [0.717, 1.165) is 5.69 Å². The van der Waals surface area contributed by atoms with E-state index in [2.05, 4.69) is 10.3 Å². The summed E-state index contributed by atoms with van der Waals surface area (Å²) in [5.41, 5.74) is 2.27. The molecule has 0 atom stereocenters. The van der Waals surface area contributed by atoms with Crippen LogP contribution in [0.25, 0.3) is 4.96 Å². The summed E-state index contributed by atoms with van der Waals surface area (Å²) in [6.07, 6.45) is 0. The minimum atomic E-state index is -0.263. The molecule has 0 aliphatic heterocycles. The fraction of sp³-hybridized carbons (Fsp3) is 0.136. The zero-order chi connectivity index (χ0) is 21.1. The van der Waals surface area contributed by atoms with Gasteiger partial charge < -0.3 is 14.8 Å². The lowest BCUT2D eigenvalue weighted by Gasteiger charge is -2.12. The van der Waals surface area contributed by atoms with E-state index in [0.29, 0.717) is 33.4 Å². The largest absolute Gasteiger partial charge is 0.497 e. The lowest BCUT2D eigenvalue weighted by molar-refractivity contribution is 0.102. The van der Waals surface area contributed by atoms with Gasteiger partial charge >= 0.3 is 0 Å². The van der Waals surface area contributed by atoms with Gasteiger partial charge in [0.15, 0.2) is 4.96 Å². The van der Waals surface area contributed by atoms with Gasteiger partial charge in [-0.05, 0) is 43.3 Å². The molecule has 4 rings (SSSR count). The number of hydrogen-bond acceptors (Lipinski definition) is 6. The highest BCUT2D eigenvalue weighted by atomic mass is 32.1. The van der Waals surface area contributed by atoms with Gasteiger partial charge in [-0.1, -0.05) is 12.1 Å². The van der Waals surface area contributed by atoms with Gasteiger partial charge in [-0.3, -0.25) is 14.0 Å². The van der Waals surface area contributed by atoms with E-state index in [-0.39, 0.29) is 18.1 Å². The number of amides is 1. The average molecular weight is 421 g/mol. The third kappa shape index (κ3) is 4.04. The molecular weight excluding hydrogens is 402 g/mol. The second kappa shape index (κ2) is 8.38. The number of thiazole rings is 1. The van der Waals surface area contributed by atoms with Crippen molar-refractivity contribution in [3.63, 3.8) is 0 Å². The van der Waals surface area contributed by atoms with Crippen LogP contribution in [0.2, 0.25) is 0 Å². The highest BCUT2D eigenvalue weighted by Gasteiger charge is 2.12. The molecule has 0 aliphatic carbocycles. The number of carbonyl (C=O) groups excluding carboxylic acids is 1. The summed E-state index contributed by atoms with van der Waals surface area (Å²) in [4.78, 5) is 30.0. The predicted octanol–water partition coefficient (Wildman–Crippen LogP) is 3.90. The Kier molecular flexibility index (Phi) is 5.49. The van der Waals surface area contributed by atoms with Crippen molar-refractivity contribution >= 4 is 27.9 Å². The van der Waals surface area contributed by atoms with Crippen molar-refractivity contribution in [2.45, 2.75) is 13.5 Å². The number of ether oxygens (including phenoxy) is 2. The van der Waals surface area contributed by atoms with E-state index >= 15 is 0 Å². The molecule has 0 spiro atoms. The van der Waals surface area contributed by atoms with E-state index in [1.807, 2.05) is 24.4 Å². The molecule has 0 radical (unpaired) electrons. The van der Waals surface area contributed by atoms with Crippen molar-refractivity contribution < 1.29 is 14.3 Å². The maximum atomic E-state index is 12.6. The zero-order valence-corrected chi connectivity index (χ0v) is 17.2. The molecule has 4 aromatic rings. The number of carbonyl (C=O) groups is 1. The fourth-order valence-electron chi connectivity index (χ4n) is 2.96. The van der Waals surface area contributed by atoms with Crippen LogP contribution < -0.4 is 20.3 Å². The van der Waals surface area contributed by atoms with Gasteiger partial charge in [0, 0.05) is 22.7 Å². The number of fused-ring (bicyclic) bond motifs is 1. The minimum absolute atomic E-state index is 0.109. The Balaban J connectivity index is 1.50. The molecule has 1 amide bonds. The van der Waals surface area contributed by atoms with Crippen molar-refractivity contribution in [2.24, 2.45) is 0 Å². The molecule has 2 heterocycles. The van der Waals surface area contributed by atoms with Gasteiger partial charge in [0.2, 0.25) is 0 Å². The fourth-order valence-corrected chi connectivity index (χ4v) is 3.85. The molecule has 7 nitrogen and oxygen atoms in total. The van der Waals surface area contributed by atoms with Crippen molar-refractivity contribution in [2.75, 3.05) is 12.4 Å². The quantitative estimate of drug-likeness (QED) is 0.511. The Labute approximate surface area is 176 Å². The molecule has 0 saturated heterocycles. The standard InChI is InChI=1S/C22H19N3O4S/c1-14-13-30-22-23-16(11-20(26)25(14)22)12-29-19-6-4-3-5-18(19)24-21(27)15-7-9-17(28-2)10-8-15/h3-11,13H,12H2,1-2H3,(H,24,27). The van der Waals surface area contributed by atoms with Crippen LogP contribution in [0.5, 0.6) is 11.5 Å². The summed E-state index contributed by atoms with van der Waals surface area (Å²) in [7, 11) is 1.57. The Morgan fingerprint density at radius 1 is 1.17 bits per heavy atom. The van der Waals surface area contributed by atoms with Crippen LogP contribution in [0, 0.1) is 6.92 Å². The Morgan fingerprint density at radius 3 is 2.70 bits per heavy atom. The SMILES string of the molecule is COc1ccc(C(=O)Nc2ccccc2OCc2cc(=O)n3c(C)csc3n2)cc1. The molecule has 8 heteroatoms. The van der Waals surface area contributed by atoms with E-state index in [9.17, 15) is 9.59 Å². The van der Waals surface area contributed by atoms with Crippen LogP contribution in [0.15, 0.2) is 64.8 Å². The van der Waals surface area contributed by atoms with Crippen LogP contribution in [0.4, 0.5) is 5.69 Å².